The highest BCUT2D eigenvalue weighted by molar-refractivity contribution is 9.10. The van der Waals surface area contributed by atoms with Crippen molar-refractivity contribution in [3.63, 3.8) is 0 Å². The Morgan fingerprint density at radius 1 is 1.24 bits per heavy atom. The van der Waals surface area contributed by atoms with Gasteiger partial charge in [0, 0.05) is 31.1 Å². The molecule has 0 radical (unpaired) electrons. The van der Waals surface area contributed by atoms with Gasteiger partial charge in [0.15, 0.2) is 0 Å². The summed E-state index contributed by atoms with van der Waals surface area (Å²) in [5, 5.41) is 5.48. The average Bonchev–Trinajstić information content (AvgIpc) is 2.98. The molecule has 0 amide bonds. The van der Waals surface area contributed by atoms with Crippen molar-refractivity contribution in [1.29, 1.82) is 0 Å². The fourth-order valence-corrected chi connectivity index (χ4v) is 3.91. The maximum absolute atomic E-state index is 13.5. The molecule has 1 atom stereocenters. The molecule has 0 aliphatic carbocycles. The van der Waals surface area contributed by atoms with Gasteiger partial charge in [-0.3, -0.25) is 4.90 Å². The number of piperazine rings is 1. The van der Waals surface area contributed by atoms with Crippen LogP contribution in [0.25, 0.3) is 0 Å². The fraction of sp³-hybridized carbons (Fsp3) is 0.333. The van der Waals surface area contributed by atoms with Gasteiger partial charge in [0.25, 0.3) is 0 Å². The Balaban J connectivity index is 0.00000161. The first-order valence-corrected chi connectivity index (χ1v) is 8.36. The Bertz CT molecular complexity index is 573. The van der Waals surface area contributed by atoms with Gasteiger partial charge < -0.3 is 5.32 Å². The standard InChI is InChI=1S/C15H16BrFN2S.ClH/c16-12-10-11(3-4-13(12)17)15(14-2-1-9-20-14)19-7-5-18-6-8-19;/h1-4,9-10,15,18H,5-8H2;1H/t15-;/m1./s1. The maximum atomic E-state index is 13.5. The molecular formula is C15H17BrClFN2S. The van der Waals surface area contributed by atoms with Crippen molar-refractivity contribution in [1.82, 2.24) is 10.2 Å². The number of nitrogens with one attached hydrogen (secondary N) is 1. The van der Waals surface area contributed by atoms with E-state index < -0.39 is 0 Å². The molecule has 2 nitrogen and oxygen atoms in total. The van der Waals surface area contributed by atoms with Crippen LogP contribution in [-0.2, 0) is 0 Å². The molecule has 0 saturated carbocycles. The van der Waals surface area contributed by atoms with Gasteiger partial charge in [-0.25, -0.2) is 4.39 Å². The first-order chi connectivity index (χ1) is 9.75. The lowest BCUT2D eigenvalue weighted by molar-refractivity contribution is 0.200. The Hall–Kier alpha value is -0.460. The smallest absolute Gasteiger partial charge is 0.137 e. The van der Waals surface area contributed by atoms with Crippen LogP contribution < -0.4 is 5.32 Å². The summed E-state index contributed by atoms with van der Waals surface area (Å²) in [6.45, 7) is 4.03. The second kappa shape index (κ2) is 7.70. The van der Waals surface area contributed by atoms with Crippen molar-refractivity contribution in [2.24, 2.45) is 0 Å². The summed E-state index contributed by atoms with van der Waals surface area (Å²) in [6, 6.07) is 9.80. The number of benzene rings is 1. The zero-order valence-electron chi connectivity index (χ0n) is 11.4. The third kappa shape index (κ3) is 3.85. The van der Waals surface area contributed by atoms with Crippen LogP contribution in [0, 0.1) is 5.82 Å². The van der Waals surface area contributed by atoms with Crippen LogP contribution >= 0.6 is 39.7 Å². The van der Waals surface area contributed by atoms with E-state index in [0.29, 0.717) is 4.47 Å². The number of hydrogen-bond acceptors (Lipinski definition) is 3. The van der Waals surface area contributed by atoms with E-state index in [1.807, 2.05) is 12.1 Å². The van der Waals surface area contributed by atoms with Crippen LogP contribution in [0.2, 0.25) is 0 Å². The molecule has 0 unspecified atom stereocenters. The topological polar surface area (TPSA) is 15.3 Å². The maximum Gasteiger partial charge on any atom is 0.137 e. The molecule has 114 valence electrons. The summed E-state index contributed by atoms with van der Waals surface area (Å²) in [5.74, 6) is -0.209. The zero-order valence-corrected chi connectivity index (χ0v) is 14.6. The first-order valence-electron chi connectivity index (χ1n) is 6.69. The van der Waals surface area contributed by atoms with Gasteiger partial charge >= 0.3 is 0 Å². The number of thiophene rings is 1. The van der Waals surface area contributed by atoms with Gasteiger partial charge in [0.05, 0.1) is 10.5 Å². The van der Waals surface area contributed by atoms with E-state index in [2.05, 4.69) is 43.7 Å². The van der Waals surface area contributed by atoms with Crippen LogP contribution in [0.1, 0.15) is 16.5 Å². The summed E-state index contributed by atoms with van der Waals surface area (Å²) in [7, 11) is 0. The molecule has 1 aliphatic heterocycles. The minimum atomic E-state index is -0.209. The van der Waals surface area contributed by atoms with Crippen molar-refractivity contribution in [3.05, 3.63) is 56.4 Å². The van der Waals surface area contributed by atoms with E-state index in [9.17, 15) is 4.39 Å². The molecule has 1 aromatic heterocycles. The Morgan fingerprint density at radius 2 is 2.00 bits per heavy atom. The molecule has 1 N–H and O–H groups in total. The summed E-state index contributed by atoms with van der Waals surface area (Å²) < 4.78 is 14.0. The predicted octanol–water partition coefficient (Wildman–Crippen LogP) is 4.07. The molecule has 1 fully saturated rings. The molecule has 2 heterocycles. The second-order valence-corrected chi connectivity index (χ2v) is 6.71. The number of nitrogens with zero attached hydrogens (tertiary/aromatic N) is 1. The van der Waals surface area contributed by atoms with Gasteiger partial charge in [-0.1, -0.05) is 12.1 Å². The van der Waals surface area contributed by atoms with Crippen molar-refractivity contribution in [3.8, 4) is 0 Å². The highest BCUT2D eigenvalue weighted by Gasteiger charge is 2.25. The third-order valence-electron chi connectivity index (χ3n) is 3.59. The second-order valence-electron chi connectivity index (χ2n) is 4.88. The molecular weight excluding hydrogens is 375 g/mol. The minimum absolute atomic E-state index is 0. The third-order valence-corrected chi connectivity index (χ3v) is 5.12. The van der Waals surface area contributed by atoms with Gasteiger partial charge in [-0.2, -0.15) is 0 Å². The van der Waals surface area contributed by atoms with Crippen LogP contribution in [0.5, 0.6) is 0 Å². The van der Waals surface area contributed by atoms with Crippen molar-refractivity contribution < 1.29 is 4.39 Å². The normalized spacial score (nSPS) is 17.2. The molecule has 2 aromatic rings. The van der Waals surface area contributed by atoms with Crippen molar-refractivity contribution in [2.45, 2.75) is 6.04 Å². The molecule has 3 rings (SSSR count). The Morgan fingerprint density at radius 3 is 2.62 bits per heavy atom. The van der Waals surface area contributed by atoms with Crippen molar-refractivity contribution in [2.75, 3.05) is 26.2 Å². The van der Waals surface area contributed by atoms with Crippen LogP contribution in [0.4, 0.5) is 4.39 Å². The van der Waals surface area contributed by atoms with Gasteiger partial charge in [0.1, 0.15) is 5.82 Å². The van der Waals surface area contributed by atoms with E-state index in [0.717, 1.165) is 31.7 Å². The largest absolute Gasteiger partial charge is 0.314 e. The summed E-state index contributed by atoms with van der Waals surface area (Å²) in [6.07, 6.45) is 0. The van der Waals surface area contributed by atoms with E-state index in [1.165, 1.54) is 4.88 Å². The summed E-state index contributed by atoms with van der Waals surface area (Å²) in [5.41, 5.74) is 1.14. The Labute approximate surface area is 142 Å². The Kier molecular flexibility index (Phi) is 6.20. The van der Waals surface area contributed by atoms with Crippen LogP contribution in [0.15, 0.2) is 40.2 Å². The quantitative estimate of drug-likeness (QED) is 0.848. The first kappa shape index (κ1) is 16.9. The number of hydrogen-bond donors (Lipinski definition) is 1. The molecule has 0 bridgehead atoms. The predicted molar refractivity (Wildman–Crippen MR) is 92.0 cm³/mol. The summed E-state index contributed by atoms with van der Waals surface area (Å²) in [4.78, 5) is 3.77. The summed E-state index contributed by atoms with van der Waals surface area (Å²) >= 11 is 5.06. The lowest BCUT2D eigenvalue weighted by Gasteiger charge is -2.34. The number of rotatable bonds is 3. The monoisotopic (exact) mass is 390 g/mol. The SMILES string of the molecule is Cl.Fc1ccc([C@H](c2cccs2)N2CCNCC2)cc1Br. The number of halogens is 3. The molecule has 0 spiro atoms. The molecule has 21 heavy (non-hydrogen) atoms. The van der Waals surface area contributed by atoms with Gasteiger partial charge in [-0.15, -0.1) is 23.7 Å². The van der Waals surface area contributed by atoms with E-state index in [-0.39, 0.29) is 24.3 Å². The minimum Gasteiger partial charge on any atom is -0.314 e. The zero-order chi connectivity index (χ0) is 13.9. The van der Waals surface area contributed by atoms with Crippen molar-refractivity contribution >= 4 is 39.7 Å². The van der Waals surface area contributed by atoms with Gasteiger partial charge in [0.2, 0.25) is 0 Å². The van der Waals surface area contributed by atoms with Crippen LogP contribution in [-0.4, -0.2) is 31.1 Å². The van der Waals surface area contributed by atoms with Crippen LogP contribution in [0.3, 0.4) is 0 Å². The van der Waals surface area contributed by atoms with E-state index >= 15 is 0 Å². The van der Waals surface area contributed by atoms with E-state index in [1.54, 1.807) is 17.4 Å². The highest BCUT2D eigenvalue weighted by Crippen LogP contribution is 2.33. The fourth-order valence-electron chi connectivity index (χ4n) is 2.62. The van der Waals surface area contributed by atoms with E-state index in [4.69, 9.17) is 0 Å². The average molecular weight is 392 g/mol. The molecule has 1 saturated heterocycles. The van der Waals surface area contributed by atoms with Gasteiger partial charge in [-0.05, 0) is 45.1 Å². The molecule has 1 aliphatic rings. The molecule has 1 aromatic carbocycles. The lowest BCUT2D eigenvalue weighted by atomic mass is 10.0. The lowest BCUT2D eigenvalue weighted by Crippen LogP contribution is -2.45. The highest BCUT2D eigenvalue weighted by atomic mass is 79.9. The molecule has 6 heteroatoms.